The molecule has 0 spiro atoms. The second-order valence-corrected chi connectivity index (χ2v) is 8.53. The van der Waals surface area contributed by atoms with Gasteiger partial charge in [0.05, 0.1) is 12.7 Å². The second-order valence-electron chi connectivity index (χ2n) is 6.54. The van der Waals surface area contributed by atoms with Gasteiger partial charge in [-0.15, -0.1) is 0 Å². The Morgan fingerprint density at radius 2 is 1.96 bits per heavy atom. The SMILES string of the molecule is Cc1cccc(CC(=O)Nc2ccc3c(c2)CN(S(C)(=O)=O)CC3)c1. The maximum Gasteiger partial charge on any atom is 0.228 e. The van der Waals surface area contributed by atoms with Gasteiger partial charge in [-0.05, 0) is 42.2 Å². The number of sulfonamides is 1. The molecule has 6 heteroatoms. The van der Waals surface area contributed by atoms with E-state index in [1.807, 2.05) is 49.4 Å². The normalized spacial score (nSPS) is 14.8. The Bertz CT molecular complexity index is 907. The van der Waals surface area contributed by atoms with Gasteiger partial charge in [-0.25, -0.2) is 8.42 Å². The number of nitrogens with one attached hydrogen (secondary N) is 1. The number of carbonyl (C=O) groups is 1. The molecule has 0 aliphatic carbocycles. The quantitative estimate of drug-likeness (QED) is 0.913. The van der Waals surface area contributed by atoms with Gasteiger partial charge in [0.1, 0.15) is 0 Å². The molecule has 132 valence electrons. The highest BCUT2D eigenvalue weighted by Crippen LogP contribution is 2.24. The number of hydrogen-bond donors (Lipinski definition) is 1. The van der Waals surface area contributed by atoms with Crippen molar-refractivity contribution >= 4 is 21.6 Å². The maximum atomic E-state index is 12.3. The molecule has 0 bridgehead atoms. The topological polar surface area (TPSA) is 66.5 Å². The van der Waals surface area contributed by atoms with E-state index in [-0.39, 0.29) is 5.91 Å². The molecule has 0 fully saturated rings. The molecule has 0 radical (unpaired) electrons. The number of fused-ring (bicyclic) bond motifs is 1. The highest BCUT2D eigenvalue weighted by atomic mass is 32.2. The van der Waals surface area contributed by atoms with Crippen LogP contribution in [-0.4, -0.2) is 31.4 Å². The van der Waals surface area contributed by atoms with Crippen LogP contribution in [0.5, 0.6) is 0 Å². The first-order chi connectivity index (χ1) is 11.8. The fourth-order valence-electron chi connectivity index (χ4n) is 3.10. The molecule has 1 heterocycles. The molecule has 2 aromatic carbocycles. The summed E-state index contributed by atoms with van der Waals surface area (Å²) in [5.74, 6) is -0.0821. The van der Waals surface area contributed by atoms with E-state index in [0.29, 0.717) is 31.6 Å². The fourth-order valence-corrected chi connectivity index (χ4v) is 3.90. The molecule has 0 atom stereocenters. The number of carbonyl (C=O) groups excluding carboxylic acids is 1. The minimum atomic E-state index is -3.20. The fraction of sp³-hybridized carbons (Fsp3) is 0.316. The van der Waals surface area contributed by atoms with Crippen LogP contribution < -0.4 is 5.32 Å². The summed E-state index contributed by atoms with van der Waals surface area (Å²) in [6.07, 6.45) is 2.24. The van der Waals surface area contributed by atoms with Gasteiger partial charge in [0, 0.05) is 18.8 Å². The van der Waals surface area contributed by atoms with Crippen molar-refractivity contribution in [2.75, 3.05) is 18.1 Å². The average Bonchev–Trinajstić information content (AvgIpc) is 2.53. The average molecular weight is 358 g/mol. The van der Waals surface area contributed by atoms with Crippen LogP contribution >= 0.6 is 0 Å². The number of rotatable bonds is 4. The first kappa shape index (κ1) is 17.6. The van der Waals surface area contributed by atoms with Crippen molar-refractivity contribution in [2.24, 2.45) is 0 Å². The van der Waals surface area contributed by atoms with Crippen LogP contribution in [0.3, 0.4) is 0 Å². The zero-order valence-corrected chi connectivity index (χ0v) is 15.3. The minimum Gasteiger partial charge on any atom is -0.326 e. The molecule has 1 N–H and O–H groups in total. The van der Waals surface area contributed by atoms with E-state index in [1.54, 1.807) is 0 Å². The highest BCUT2D eigenvalue weighted by molar-refractivity contribution is 7.88. The number of hydrogen-bond acceptors (Lipinski definition) is 3. The number of aryl methyl sites for hydroxylation is 1. The van der Waals surface area contributed by atoms with Gasteiger partial charge in [0.25, 0.3) is 0 Å². The first-order valence-electron chi connectivity index (χ1n) is 8.23. The molecule has 25 heavy (non-hydrogen) atoms. The van der Waals surface area contributed by atoms with E-state index in [1.165, 1.54) is 10.6 Å². The predicted octanol–water partition coefficient (Wildman–Crippen LogP) is 2.49. The van der Waals surface area contributed by atoms with Crippen molar-refractivity contribution in [2.45, 2.75) is 26.3 Å². The monoisotopic (exact) mass is 358 g/mol. The highest BCUT2D eigenvalue weighted by Gasteiger charge is 2.23. The van der Waals surface area contributed by atoms with Crippen molar-refractivity contribution in [3.63, 3.8) is 0 Å². The Morgan fingerprint density at radius 3 is 2.68 bits per heavy atom. The van der Waals surface area contributed by atoms with Gasteiger partial charge in [-0.1, -0.05) is 35.9 Å². The lowest BCUT2D eigenvalue weighted by Gasteiger charge is -2.27. The van der Waals surface area contributed by atoms with Gasteiger partial charge in [-0.2, -0.15) is 4.31 Å². The number of anilines is 1. The van der Waals surface area contributed by atoms with Gasteiger partial charge >= 0.3 is 0 Å². The van der Waals surface area contributed by atoms with Gasteiger partial charge in [-0.3, -0.25) is 4.79 Å². The van der Waals surface area contributed by atoms with Crippen LogP contribution in [0.2, 0.25) is 0 Å². The molecular formula is C19H22N2O3S. The van der Waals surface area contributed by atoms with Crippen molar-refractivity contribution in [3.8, 4) is 0 Å². The van der Waals surface area contributed by atoms with Crippen molar-refractivity contribution in [1.82, 2.24) is 4.31 Å². The second kappa shape index (κ2) is 6.98. The van der Waals surface area contributed by atoms with E-state index < -0.39 is 10.0 Å². The molecule has 1 aliphatic rings. The number of amides is 1. The summed E-state index contributed by atoms with van der Waals surface area (Å²) in [6.45, 7) is 2.86. The lowest BCUT2D eigenvalue weighted by atomic mass is 10.0. The molecule has 3 rings (SSSR count). The number of nitrogens with zero attached hydrogens (tertiary/aromatic N) is 1. The maximum absolute atomic E-state index is 12.3. The summed E-state index contributed by atoms with van der Waals surface area (Å²) in [6, 6.07) is 13.6. The summed E-state index contributed by atoms with van der Waals surface area (Å²) in [5, 5.41) is 2.91. The lowest BCUT2D eigenvalue weighted by molar-refractivity contribution is -0.115. The summed E-state index contributed by atoms with van der Waals surface area (Å²) >= 11 is 0. The van der Waals surface area contributed by atoms with Crippen LogP contribution in [0.25, 0.3) is 0 Å². The van der Waals surface area contributed by atoms with Crippen molar-refractivity contribution in [1.29, 1.82) is 0 Å². The third kappa shape index (κ3) is 4.46. The van der Waals surface area contributed by atoms with E-state index in [9.17, 15) is 13.2 Å². The first-order valence-corrected chi connectivity index (χ1v) is 10.1. The Balaban J connectivity index is 1.71. The lowest BCUT2D eigenvalue weighted by Crippen LogP contribution is -2.35. The smallest absolute Gasteiger partial charge is 0.228 e. The van der Waals surface area contributed by atoms with Crippen LogP contribution in [-0.2, 0) is 34.2 Å². The van der Waals surface area contributed by atoms with E-state index >= 15 is 0 Å². The molecule has 0 saturated carbocycles. The summed E-state index contributed by atoms with van der Waals surface area (Å²) in [4.78, 5) is 12.3. The molecule has 1 amide bonds. The Labute approximate surface area is 148 Å². The largest absolute Gasteiger partial charge is 0.326 e. The van der Waals surface area contributed by atoms with Crippen LogP contribution in [0, 0.1) is 6.92 Å². The number of benzene rings is 2. The molecule has 5 nitrogen and oxygen atoms in total. The molecular weight excluding hydrogens is 336 g/mol. The predicted molar refractivity (Wildman–Crippen MR) is 98.9 cm³/mol. The zero-order chi connectivity index (χ0) is 18.0. The summed E-state index contributed by atoms with van der Waals surface area (Å²) < 4.78 is 25.0. The Hall–Kier alpha value is -2.18. The third-order valence-corrected chi connectivity index (χ3v) is 5.63. The molecule has 0 unspecified atom stereocenters. The summed E-state index contributed by atoms with van der Waals surface area (Å²) in [5.41, 5.74) is 4.88. The molecule has 2 aromatic rings. The Kier molecular flexibility index (Phi) is 4.92. The molecule has 0 saturated heterocycles. The van der Waals surface area contributed by atoms with E-state index in [0.717, 1.165) is 22.3 Å². The Morgan fingerprint density at radius 1 is 1.16 bits per heavy atom. The van der Waals surface area contributed by atoms with Crippen LogP contribution in [0.4, 0.5) is 5.69 Å². The van der Waals surface area contributed by atoms with E-state index in [4.69, 9.17) is 0 Å². The standard InChI is InChI=1S/C19H22N2O3S/c1-14-4-3-5-15(10-14)11-19(22)20-18-7-6-16-8-9-21(25(2,23)24)13-17(16)12-18/h3-7,10,12H,8-9,11,13H2,1-2H3,(H,20,22). The van der Waals surface area contributed by atoms with Gasteiger partial charge < -0.3 is 5.32 Å². The van der Waals surface area contributed by atoms with Crippen molar-refractivity contribution in [3.05, 3.63) is 64.7 Å². The zero-order valence-electron chi connectivity index (χ0n) is 14.5. The van der Waals surface area contributed by atoms with E-state index in [2.05, 4.69) is 5.32 Å². The van der Waals surface area contributed by atoms with Crippen LogP contribution in [0.1, 0.15) is 22.3 Å². The molecule has 1 aliphatic heterocycles. The van der Waals surface area contributed by atoms with Gasteiger partial charge in [0.15, 0.2) is 0 Å². The third-order valence-electron chi connectivity index (χ3n) is 4.38. The minimum absolute atomic E-state index is 0.0821. The molecule has 0 aromatic heterocycles. The van der Waals surface area contributed by atoms with Crippen molar-refractivity contribution < 1.29 is 13.2 Å². The summed E-state index contributed by atoms with van der Waals surface area (Å²) in [7, 11) is -3.20. The van der Waals surface area contributed by atoms with Gasteiger partial charge in [0.2, 0.25) is 15.9 Å². The van der Waals surface area contributed by atoms with Crippen LogP contribution in [0.15, 0.2) is 42.5 Å².